The van der Waals surface area contributed by atoms with Crippen molar-refractivity contribution in [1.82, 2.24) is 101 Å². The van der Waals surface area contributed by atoms with Gasteiger partial charge in [-0.25, -0.2) is 24.0 Å². The number of aldehydes is 1. The van der Waals surface area contributed by atoms with E-state index in [0.717, 1.165) is 44.4 Å². The van der Waals surface area contributed by atoms with Crippen molar-refractivity contribution in [3.63, 3.8) is 0 Å². The van der Waals surface area contributed by atoms with E-state index in [9.17, 15) is 72.5 Å². The summed E-state index contributed by atoms with van der Waals surface area (Å²) in [6.07, 6.45) is -6.70. The van der Waals surface area contributed by atoms with Gasteiger partial charge in [0.1, 0.15) is 114 Å². The Morgan fingerprint density at radius 3 is 1.27 bits per heavy atom. The zero-order chi connectivity index (χ0) is 110. The molecule has 1 aliphatic rings. The van der Waals surface area contributed by atoms with Crippen LogP contribution in [0.25, 0.3) is 0 Å². The summed E-state index contributed by atoms with van der Waals surface area (Å²) < 4.78 is 37.7. The number of rotatable bonds is 52. The lowest BCUT2D eigenvalue weighted by atomic mass is 10.00. The number of aliphatic hydroxyl groups is 2. The van der Waals surface area contributed by atoms with Gasteiger partial charge in [0.25, 0.3) is 0 Å². The summed E-state index contributed by atoms with van der Waals surface area (Å²) in [5.74, 6) is -15.8. The number of hydrogen-bond acceptors (Lipinski definition) is 29. The molecule has 48 nitrogen and oxygen atoms in total. The molecule has 1 aromatic rings. The van der Waals surface area contributed by atoms with Gasteiger partial charge < -0.3 is 149 Å². The normalized spacial score (nSPS) is 18.6. The Labute approximate surface area is 856 Å². The molecule has 19 amide bonds. The van der Waals surface area contributed by atoms with Gasteiger partial charge in [-0.1, -0.05) is 109 Å². The lowest BCUT2D eigenvalue weighted by Crippen LogP contribution is -2.62. The van der Waals surface area contributed by atoms with Crippen molar-refractivity contribution in [2.75, 3.05) is 79.3 Å². The zero-order valence-corrected chi connectivity index (χ0v) is 89.2. The van der Waals surface area contributed by atoms with E-state index in [1.54, 1.807) is 148 Å². The predicted molar refractivity (Wildman–Crippen MR) is 536 cm³/mol. The number of ether oxygens (including phenoxy) is 7. The molecule has 1 saturated heterocycles. The van der Waals surface area contributed by atoms with Gasteiger partial charge in [0.2, 0.25) is 82.7 Å². The molecule has 1 aliphatic heterocycles. The summed E-state index contributed by atoms with van der Waals surface area (Å²) in [5, 5.41) is 68.7. The van der Waals surface area contributed by atoms with Crippen LogP contribution in [-0.4, -0.2) is 327 Å². The van der Waals surface area contributed by atoms with E-state index < -0.39 is 316 Å². The SMILES string of the molecule is CCCCCC[C@@H](C=O)NC(=O)CN(CC(=O)N[C@@H](CCCCCC)C(=O)N[C@@H](CCNC(=O)OC(C)(C)C)C(=O)N[C@H](C(=O)N[C@@H](CCNC(=O)OC(C)(C)C)C(=O)N[C@H]1CCNC(=O)[C@H]([C@@H](C)O)NC(=O)[C@H](CCNC(=O)OC(C)(C)C)NC(=O)[C@H](CCNC(=O)OC(C)(C)C)NC(=O)[C@H](CC(C)C)NC(=O)[C@@H](Cc2ccccc2)NC(=O)[C@H](CCNC(=O)OC(C)(C)C)NC1=O)[C@@H](C)O)C(=O)CCOCCOC. The number of methoxy groups -OCH3 is 1. The van der Waals surface area contributed by atoms with E-state index in [1.165, 1.54) is 7.11 Å². The highest BCUT2D eigenvalue weighted by Crippen LogP contribution is 2.18. The molecule has 0 saturated carbocycles. The molecular weight excluding hydrogens is 1910 g/mol. The minimum Gasteiger partial charge on any atom is -0.444 e. The van der Waals surface area contributed by atoms with Crippen LogP contribution in [0.15, 0.2) is 30.3 Å². The predicted octanol–water partition coefficient (Wildman–Crippen LogP) is 1.97. The second-order valence-corrected chi connectivity index (χ2v) is 41.2. The fraction of sp³-hybridized carbons (Fsp3) is 0.735. The quantitative estimate of drug-likeness (QED) is 0.0252. The fourth-order valence-corrected chi connectivity index (χ4v) is 14.1. The third kappa shape index (κ3) is 57.5. The molecule has 20 N–H and O–H groups in total. The lowest BCUT2D eigenvalue weighted by molar-refractivity contribution is -0.141. The van der Waals surface area contributed by atoms with E-state index in [0.29, 0.717) is 44.0 Å². The van der Waals surface area contributed by atoms with Crippen LogP contribution >= 0.6 is 0 Å². The van der Waals surface area contributed by atoms with Crippen molar-refractivity contribution in [3.8, 4) is 0 Å². The molecule has 828 valence electrons. The molecule has 0 unspecified atom stereocenters. The molecule has 146 heavy (non-hydrogen) atoms. The van der Waals surface area contributed by atoms with Gasteiger partial charge >= 0.3 is 30.5 Å². The Kier molecular flexibility index (Phi) is 58.6. The van der Waals surface area contributed by atoms with Crippen LogP contribution in [0.1, 0.15) is 267 Å². The molecule has 0 bridgehead atoms. The van der Waals surface area contributed by atoms with Crippen molar-refractivity contribution in [1.29, 1.82) is 0 Å². The number of hydrogen-bond donors (Lipinski definition) is 20. The number of unbranched alkanes of at least 4 members (excludes halogenated alkanes) is 6. The van der Waals surface area contributed by atoms with Gasteiger partial charge in [-0.05, 0) is 187 Å². The van der Waals surface area contributed by atoms with Gasteiger partial charge in [-0.15, -0.1) is 0 Å². The minimum atomic E-state index is -2.14. The molecule has 1 aromatic carbocycles. The summed E-state index contributed by atoms with van der Waals surface area (Å²) in [6, 6.07) is -12.9. The van der Waals surface area contributed by atoms with Crippen LogP contribution < -0.4 is 95.7 Å². The Bertz CT molecular complexity index is 4360. The molecule has 1 fully saturated rings. The van der Waals surface area contributed by atoms with Crippen LogP contribution in [0.4, 0.5) is 24.0 Å². The maximum absolute atomic E-state index is 15.6. The maximum atomic E-state index is 15.6. The van der Waals surface area contributed by atoms with Gasteiger partial charge in [0.15, 0.2) is 0 Å². The largest absolute Gasteiger partial charge is 0.444 e. The molecule has 0 radical (unpaired) electrons. The summed E-state index contributed by atoms with van der Waals surface area (Å²) in [4.78, 5) is 288. The second-order valence-electron chi connectivity index (χ2n) is 41.2. The zero-order valence-electron chi connectivity index (χ0n) is 89.2. The highest BCUT2D eigenvalue weighted by molar-refractivity contribution is 6.00. The molecule has 0 aliphatic carbocycles. The average Bonchev–Trinajstić information content (AvgIpc) is 0.914. The van der Waals surface area contributed by atoms with Crippen molar-refractivity contribution in [3.05, 3.63) is 35.9 Å². The standard InChI is InChI=1S/C98H167N19O29/c1-23-25-27-32-36-63(58-118)105-73(121)56-117(75(123)44-51-141-53-52-140-22)57-74(122)106-64(37-33-28-26-24-2)78(124)109-70(43-50-104-93(139)146-98(19,20)21)84(130)116-77(61(6)120)88(134)112-68(41-48-102-91(137)144-96(13,14)15)81(127)107-65-38-45-99-87(133)76(60(5)119)115-83(129)69(42-49-103-92(138)145-97(16,17)18)110-80(126)66(39-46-100-89(135)142-94(7,8)9)111-85(131)71(54-59(3)4)113-86(132)72(55-62-34-30-29-31-35-62)114-82(128)67(108-79(65)125)40-47-101-90(136)143-95(10,11)12/h29-31,34-35,58-61,63-72,76-77,119-120H,23-28,32-33,36-57H2,1-22H3,(H,99,133)(H,100,135)(H,101,136)(H,102,137)(H,103,138)(H,104,139)(H,105,121)(H,106,122)(H,107,127)(H,108,125)(H,109,124)(H,110,126)(H,111,131)(H,112,134)(H,113,132)(H,114,128)(H,115,129)(H,116,130)/t60-,61-,63+,64+,65+,66+,67+,68+,69+,70+,71+,72-,76+,77+/m1/s1. The van der Waals surface area contributed by atoms with Gasteiger partial charge in [-0.3, -0.25) is 67.1 Å². The van der Waals surface area contributed by atoms with E-state index in [1.807, 2.05) is 13.8 Å². The molecular formula is C98H167N19O29. The number of nitrogens with one attached hydrogen (secondary N) is 18. The maximum Gasteiger partial charge on any atom is 0.407 e. The number of nitrogens with zero attached hydrogens (tertiary/aromatic N) is 1. The smallest absolute Gasteiger partial charge is 0.407 e. The molecule has 0 aromatic heterocycles. The van der Waals surface area contributed by atoms with Crippen LogP contribution in [0.3, 0.4) is 0 Å². The van der Waals surface area contributed by atoms with Crippen molar-refractivity contribution in [2.24, 2.45) is 5.92 Å². The molecule has 0 spiro atoms. The van der Waals surface area contributed by atoms with Crippen molar-refractivity contribution < 1.29 is 139 Å². The molecule has 1 heterocycles. The number of carbonyl (C=O) groups is 20. The van der Waals surface area contributed by atoms with E-state index >= 15 is 33.6 Å². The Morgan fingerprint density at radius 2 is 0.836 bits per heavy atom. The summed E-state index contributed by atoms with van der Waals surface area (Å²) in [6.45, 7) is 28.6. The first-order valence-electron chi connectivity index (χ1n) is 50.1. The highest BCUT2D eigenvalue weighted by atomic mass is 16.6. The Morgan fingerprint density at radius 1 is 0.438 bits per heavy atom. The third-order valence-electron chi connectivity index (χ3n) is 21.2. The van der Waals surface area contributed by atoms with Crippen LogP contribution in [-0.2, 0) is 111 Å². The number of alkyl carbamates (subject to hydrolysis) is 5. The average molecular weight is 2080 g/mol. The van der Waals surface area contributed by atoms with Crippen molar-refractivity contribution in [2.45, 2.75) is 380 Å². The first-order valence-corrected chi connectivity index (χ1v) is 50.1. The van der Waals surface area contributed by atoms with Gasteiger partial charge in [-0.2, -0.15) is 0 Å². The molecule has 2 rings (SSSR count). The number of amides is 19. The van der Waals surface area contributed by atoms with Crippen LogP contribution in [0.2, 0.25) is 0 Å². The highest BCUT2D eigenvalue weighted by Gasteiger charge is 2.41. The minimum absolute atomic E-state index is 0.0952. The van der Waals surface area contributed by atoms with Crippen LogP contribution in [0, 0.1) is 5.92 Å². The molecule has 48 heteroatoms. The fourth-order valence-electron chi connectivity index (χ4n) is 14.1. The van der Waals surface area contributed by atoms with Crippen molar-refractivity contribution >= 4 is 119 Å². The molecule has 14 atom stereocenters. The Balaban J connectivity index is 3.17. The van der Waals surface area contributed by atoms with Crippen LogP contribution in [0.5, 0.6) is 0 Å². The summed E-state index contributed by atoms with van der Waals surface area (Å²) in [5.41, 5.74) is -4.83. The first-order chi connectivity index (χ1) is 68.2. The van der Waals surface area contributed by atoms with E-state index in [-0.39, 0.29) is 52.0 Å². The van der Waals surface area contributed by atoms with Gasteiger partial charge in [0, 0.05) is 52.8 Å². The first kappa shape index (κ1) is 130. The third-order valence-corrected chi connectivity index (χ3v) is 21.2. The monoisotopic (exact) mass is 2070 g/mol. The number of benzene rings is 1. The second kappa shape index (κ2) is 66.0. The number of carbonyl (C=O) groups excluding carboxylic acids is 20. The lowest BCUT2D eigenvalue weighted by Gasteiger charge is -2.29. The summed E-state index contributed by atoms with van der Waals surface area (Å²) >= 11 is 0. The Hall–Kier alpha value is -12.3. The van der Waals surface area contributed by atoms with E-state index in [4.69, 9.17) is 33.2 Å². The van der Waals surface area contributed by atoms with Gasteiger partial charge in [0.05, 0.1) is 44.5 Å². The topological polar surface area (TPSA) is 666 Å². The van der Waals surface area contributed by atoms with E-state index in [2.05, 4.69) is 95.7 Å². The summed E-state index contributed by atoms with van der Waals surface area (Å²) in [7, 11) is 1.44. The number of aliphatic hydroxyl groups excluding tert-OH is 2.